The zero-order chi connectivity index (χ0) is 15.9. The van der Waals surface area contributed by atoms with Crippen molar-refractivity contribution in [2.24, 2.45) is 0 Å². The van der Waals surface area contributed by atoms with E-state index in [1.165, 1.54) is 12.1 Å². The maximum atomic E-state index is 12.5. The van der Waals surface area contributed by atoms with Gasteiger partial charge in [-0.2, -0.15) is 0 Å². The summed E-state index contributed by atoms with van der Waals surface area (Å²) in [7, 11) is -3.98. The molecule has 1 aliphatic rings. The Labute approximate surface area is 132 Å². The maximum absolute atomic E-state index is 12.5. The second-order valence-corrected chi connectivity index (χ2v) is 6.96. The first-order valence-electron chi connectivity index (χ1n) is 6.36. The lowest BCUT2D eigenvalue weighted by Crippen LogP contribution is -2.29. The molecule has 0 saturated heterocycles. The molecule has 3 rings (SSSR count). The van der Waals surface area contributed by atoms with Crippen LogP contribution in [0.3, 0.4) is 0 Å². The lowest BCUT2D eigenvalue weighted by Gasteiger charge is -2.14. The average molecular weight is 336 g/mol. The first-order valence-corrected chi connectivity index (χ1v) is 8.18. The summed E-state index contributed by atoms with van der Waals surface area (Å²) in [6, 6.07) is 12.6. The molecule has 0 radical (unpaired) electrons. The maximum Gasteiger partial charge on any atom is 0.269 e. The molecule has 0 bridgehead atoms. The van der Waals surface area contributed by atoms with Crippen molar-refractivity contribution in [1.29, 1.82) is 0 Å². The Morgan fingerprint density at radius 2 is 1.77 bits per heavy atom. The van der Waals surface area contributed by atoms with Crippen molar-refractivity contribution < 1.29 is 18.0 Å². The van der Waals surface area contributed by atoms with E-state index in [0.29, 0.717) is 5.56 Å². The van der Waals surface area contributed by atoms with Crippen LogP contribution >= 0.6 is 11.6 Å². The molecule has 0 fully saturated rings. The second-order valence-electron chi connectivity index (χ2n) is 4.79. The van der Waals surface area contributed by atoms with Crippen LogP contribution in [0.1, 0.15) is 26.3 Å². The number of carbonyl (C=O) groups excluding carboxylic acids is 2. The van der Waals surface area contributed by atoms with E-state index in [4.69, 9.17) is 11.6 Å². The van der Waals surface area contributed by atoms with Crippen LogP contribution in [-0.2, 0) is 16.6 Å². The number of amides is 1. The predicted octanol–water partition coefficient (Wildman–Crippen LogP) is 2.41. The van der Waals surface area contributed by atoms with E-state index in [9.17, 15) is 18.0 Å². The number of nitrogens with zero attached hydrogens (tertiary/aromatic N) is 1. The molecule has 0 spiro atoms. The summed E-state index contributed by atoms with van der Waals surface area (Å²) in [5, 5.41) is -0.771. The lowest BCUT2D eigenvalue weighted by atomic mass is 10.1. The third-order valence-electron chi connectivity index (χ3n) is 3.40. The molecule has 0 aromatic heterocycles. The average Bonchev–Trinajstić information content (AvgIpc) is 2.69. The highest BCUT2D eigenvalue weighted by molar-refractivity contribution is 7.90. The second kappa shape index (κ2) is 5.23. The van der Waals surface area contributed by atoms with Crippen molar-refractivity contribution >= 4 is 32.8 Å². The van der Waals surface area contributed by atoms with Crippen LogP contribution in [0.5, 0.6) is 0 Å². The van der Waals surface area contributed by atoms with Gasteiger partial charge >= 0.3 is 0 Å². The third-order valence-corrected chi connectivity index (χ3v) is 5.39. The van der Waals surface area contributed by atoms with Crippen LogP contribution in [0.2, 0.25) is 0 Å². The van der Waals surface area contributed by atoms with Gasteiger partial charge in [-0.15, -0.1) is 0 Å². The number of sulfonamides is 1. The van der Waals surface area contributed by atoms with Gasteiger partial charge in [-0.05, 0) is 35.4 Å². The molecular weight excluding hydrogens is 326 g/mol. The molecule has 7 heteroatoms. The van der Waals surface area contributed by atoms with E-state index in [0.717, 1.165) is 10.4 Å². The monoisotopic (exact) mass is 335 g/mol. The molecule has 1 aliphatic heterocycles. The van der Waals surface area contributed by atoms with Gasteiger partial charge in [-0.25, -0.2) is 12.7 Å². The zero-order valence-corrected chi connectivity index (χ0v) is 12.8. The fraction of sp³-hybridized carbons (Fsp3) is 0.0667. The normalized spacial score (nSPS) is 15.7. The third kappa shape index (κ3) is 2.30. The van der Waals surface area contributed by atoms with Crippen molar-refractivity contribution in [3.63, 3.8) is 0 Å². The van der Waals surface area contributed by atoms with E-state index in [1.54, 1.807) is 30.3 Å². The Hall–Kier alpha value is -2.18. The molecule has 0 aliphatic carbocycles. The predicted molar refractivity (Wildman–Crippen MR) is 80.1 cm³/mol. The van der Waals surface area contributed by atoms with Crippen LogP contribution in [0.15, 0.2) is 53.4 Å². The number of benzene rings is 2. The minimum Gasteiger partial charge on any atom is -0.276 e. The van der Waals surface area contributed by atoms with Crippen LogP contribution in [0.25, 0.3) is 0 Å². The lowest BCUT2D eigenvalue weighted by molar-refractivity contribution is 0.0864. The largest absolute Gasteiger partial charge is 0.276 e. The summed E-state index contributed by atoms with van der Waals surface area (Å²) < 4.78 is 25.9. The van der Waals surface area contributed by atoms with Gasteiger partial charge < -0.3 is 0 Å². The first-order chi connectivity index (χ1) is 10.4. The Bertz CT molecular complexity index is 878. The standard InChI is InChI=1S/C15H10ClNO4S/c16-14(18)11-6-7-12-13(8-11)22(20,21)17(15(12)19)9-10-4-2-1-3-5-10/h1-8H,9H2. The van der Waals surface area contributed by atoms with E-state index >= 15 is 0 Å². The molecule has 0 unspecified atom stereocenters. The summed E-state index contributed by atoms with van der Waals surface area (Å²) in [6.07, 6.45) is 0. The molecule has 0 saturated carbocycles. The highest BCUT2D eigenvalue weighted by Gasteiger charge is 2.41. The molecule has 22 heavy (non-hydrogen) atoms. The van der Waals surface area contributed by atoms with Crippen molar-refractivity contribution in [2.75, 3.05) is 0 Å². The zero-order valence-electron chi connectivity index (χ0n) is 11.2. The Balaban J connectivity index is 2.06. The molecule has 112 valence electrons. The fourth-order valence-corrected chi connectivity index (χ4v) is 4.00. The quantitative estimate of drug-likeness (QED) is 0.807. The SMILES string of the molecule is O=C(Cl)c1ccc2c(c1)S(=O)(=O)N(Cc1ccccc1)C2=O. The minimum atomic E-state index is -3.98. The summed E-state index contributed by atoms with van der Waals surface area (Å²) >= 11 is 5.37. The highest BCUT2D eigenvalue weighted by Crippen LogP contribution is 2.32. The number of hydrogen-bond donors (Lipinski definition) is 0. The number of carbonyl (C=O) groups is 2. The van der Waals surface area contributed by atoms with E-state index in [2.05, 4.69) is 0 Å². The molecule has 1 amide bonds. The number of halogens is 1. The van der Waals surface area contributed by atoms with E-state index in [1.807, 2.05) is 0 Å². The van der Waals surface area contributed by atoms with Crippen LogP contribution in [-0.4, -0.2) is 23.9 Å². The van der Waals surface area contributed by atoms with Gasteiger partial charge in [-0.3, -0.25) is 9.59 Å². The van der Waals surface area contributed by atoms with Gasteiger partial charge in [0.15, 0.2) is 0 Å². The number of rotatable bonds is 3. The molecule has 2 aromatic rings. The molecule has 1 heterocycles. The first kappa shape index (κ1) is 14.7. The number of hydrogen-bond acceptors (Lipinski definition) is 4. The van der Waals surface area contributed by atoms with Gasteiger partial charge in [0.25, 0.3) is 21.2 Å². The van der Waals surface area contributed by atoms with Gasteiger partial charge in [0, 0.05) is 5.56 Å². The van der Waals surface area contributed by atoms with Crippen LogP contribution in [0.4, 0.5) is 0 Å². The topological polar surface area (TPSA) is 71.5 Å². The minimum absolute atomic E-state index is 0.0401. The van der Waals surface area contributed by atoms with Crippen LogP contribution in [0, 0.1) is 0 Å². The van der Waals surface area contributed by atoms with Crippen molar-refractivity contribution in [3.05, 3.63) is 65.2 Å². The molecule has 0 atom stereocenters. The van der Waals surface area contributed by atoms with Gasteiger partial charge in [-0.1, -0.05) is 30.3 Å². The summed E-state index contributed by atoms with van der Waals surface area (Å²) in [5.41, 5.74) is 0.789. The smallest absolute Gasteiger partial charge is 0.269 e. The highest BCUT2D eigenvalue weighted by atomic mass is 35.5. The molecule has 0 N–H and O–H groups in total. The van der Waals surface area contributed by atoms with Crippen molar-refractivity contribution in [2.45, 2.75) is 11.4 Å². The van der Waals surface area contributed by atoms with Gasteiger partial charge in [0.2, 0.25) is 0 Å². The van der Waals surface area contributed by atoms with E-state index in [-0.39, 0.29) is 22.6 Å². The summed E-state index contributed by atoms with van der Waals surface area (Å²) in [6.45, 7) is -0.0547. The van der Waals surface area contributed by atoms with Crippen molar-refractivity contribution in [1.82, 2.24) is 4.31 Å². The fourth-order valence-electron chi connectivity index (χ4n) is 2.30. The number of fused-ring (bicyclic) bond motifs is 1. The Morgan fingerprint density at radius 3 is 2.41 bits per heavy atom. The Kier molecular flexibility index (Phi) is 3.50. The van der Waals surface area contributed by atoms with E-state index < -0.39 is 21.2 Å². The van der Waals surface area contributed by atoms with Crippen molar-refractivity contribution in [3.8, 4) is 0 Å². The summed E-state index contributed by atoms with van der Waals surface area (Å²) in [4.78, 5) is 23.3. The van der Waals surface area contributed by atoms with Gasteiger partial charge in [0.05, 0.1) is 12.1 Å². The van der Waals surface area contributed by atoms with Gasteiger partial charge in [0.1, 0.15) is 4.90 Å². The molecular formula is C15H10ClNO4S. The Morgan fingerprint density at radius 1 is 1.09 bits per heavy atom. The summed E-state index contributed by atoms with van der Waals surface area (Å²) in [5.74, 6) is -0.604. The molecule has 2 aromatic carbocycles. The molecule has 5 nitrogen and oxygen atoms in total. The van der Waals surface area contributed by atoms with Crippen LogP contribution < -0.4 is 0 Å².